The van der Waals surface area contributed by atoms with Crippen LogP contribution in [0.15, 0.2) is 29.2 Å². The second-order valence-corrected chi connectivity index (χ2v) is 7.08. The molecule has 0 N–H and O–H groups in total. The third-order valence-electron chi connectivity index (χ3n) is 1.82. The smallest absolute Gasteiger partial charge is 0.301 e. The van der Waals surface area contributed by atoms with Crippen LogP contribution in [0.4, 0.5) is 5.69 Å². The van der Waals surface area contributed by atoms with Gasteiger partial charge in [0, 0.05) is 17.0 Å². The number of hydrogen-bond donors (Lipinski definition) is 0. The van der Waals surface area contributed by atoms with E-state index in [0.29, 0.717) is 4.90 Å². The Hall–Kier alpha value is -0.880. The van der Waals surface area contributed by atoms with E-state index in [2.05, 4.69) is 0 Å². The summed E-state index contributed by atoms with van der Waals surface area (Å²) in [4.78, 5) is 10.6. The van der Waals surface area contributed by atoms with Gasteiger partial charge in [-0.2, -0.15) is 0 Å². The fraction of sp³-hybridized carbons (Fsp3) is 0.400. The topological polar surface area (TPSA) is 78.7 Å². The molecule has 0 aromatic heterocycles. The van der Waals surface area contributed by atoms with Crippen molar-refractivity contribution >= 4 is 23.9 Å². The van der Waals surface area contributed by atoms with Gasteiger partial charge >= 0.3 is 6.80 Å². The van der Waals surface area contributed by atoms with E-state index in [4.69, 9.17) is 9.05 Å². The monoisotopic (exact) mass is 291 g/mol. The van der Waals surface area contributed by atoms with Gasteiger partial charge in [0.05, 0.1) is 18.1 Å². The fourth-order valence-electron chi connectivity index (χ4n) is 1.19. The molecule has 0 fully saturated rings. The Balaban J connectivity index is 2.90. The molecule has 0 saturated carbocycles. The van der Waals surface area contributed by atoms with Crippen molar-refractivity contribution < 1.29 is 18.5 Å². The molecule has 0 unspecified atom stereocenters. The summed E-state index contributed by atoms with van der Waals surface area (Å²) in [5, 5.41) is 10.6. The molecular formula is C10H14NO5PS. The summed E-state index contributed by atoms with van der Waals surface area (Å²) in [6, 6.07) is 5.87. The molecule has 1 rings (SSSR count). The van der Waals surface area contributed by atoms with Gasteiger partial charge in [-0.05, 0) is 31.3 Å². The summed E-state index contributed by atoms with van der Waals surface area (Å²) in [6.07, 6.45) is 0. The third kappa shape index (κ3) is 4.42. The molecule has 0 heterocycles. The van der Waals surface area contributed by atoms with Crippen LogP contribution < -0.4 is 0 Å². The number of nitrogens with zero attached hydrogens (tertiary/aromatic N) is 1. The standard InChI is InChI=1S/C10H14NO5PS/c1-3-15-17(14,16-4-2)18-10-7-5-6-9(8-10)11(12)13/h5-8H,3-4H2,1-2H3. The molecule has 1 aromatic carbocycles. The first-order valence-electron chi connectivity index (χ1n) is 5.34. The maximum Gasteiger partial charge on any atom is 0.393 e. The van der Waals surface area contributed by atoms with Gasteiger partial charge in [0.25, 0.3) is 5.69 Å². The van der Waals surface area contributed by atoms with Gasteiger partial charge in [0.15, 0.2) is 0 Å². The lowest BCUT2D eigenvalue weighted by Gasteiger charge is -2.15. The van der Waals surface area contributed by atoms with E-state index in [-0.39, 0.29) is 18.9 Å². The predicted molar refractivity (Wildman–Crippen MR) is 69.8 cm³/mol. The zero-order valence-corrected chi connectivity index (χ0v) is 11.8. The Morgan fingerprint density at radius 1 is 1.33 bits per heavy atom. The second-order valence-electron chi connectivity index (χ2n) is 3.13. The lowest BCUT2D eigenvalue weighted by Crippen LogP contribution is -1.93. The molecule has 8 heteroatoms. The molecular weight excluding hydrogens is 277 g/mol. The van der Waals surface area contributed by atoms with Gasteiger partial charge in [-0.1, -0.05) is 6.07 Å². The summed E-state index contributed by atoms with van der Waals surface area (Å²) < 4.78 is 22.4. The molecule has 0 saturated heterocycles. The van der Waals surface area contributed by atoms with Crippen molar-refractivity contribution in [3.05, 3.63) is 34.4 Å². The van der Waals surface area contributed by atoms with Crippen molar-refractivity contribution in [3.63, 3.8) is 0 Å². The number of benzene rings is 1. The van der Waals surface area contributed by atoms with Gasteiger partial charge in [0.1, 0.15) is 0 Å². The van der Waals surface area contributed by atoms with E-state index in [1.807, 2.05) is 0 Å². The summed E-state index contributed by atoms with van der Waals surface area (Å²) in [6.45, 7) is 0.617. The van der Waals surface area contributed by atoms with Crippen LogP contribution in [-0.4, -0.2) is 18.1 Å². The zero-order chi connectivity index (χ0) is 13.6. The van der Waals surface area contributed by atoms with Crippen molar-refractivity contribution in [1.82, 2.24) is 0 Å². The zero-order valence-electron chi connectivity index (χ0n) is 10.1. The number of nitro benzene ring substituents is 1. The summed E-state index contributed by atoms with van der Waals surface area (Å²) in [5.41, 5.74) is -0.0560. The highest BCUT2D eigenvalue weighted by molar-refractivity contribution is 8.55. The van der Waals surface area contributed by atoms with Crippen LogP contribution in [0.25, 0.3) is 0 Å². The summed E-state index contributed by atoms with van der Waals surface area (Å²) >= 11 is 0.878. The highest BCUT2D eigenvalue weighted by Crippen LogP contribution is 2.63. The van der Waals surface area contributed by atoms with Gasteiger partial charge < -0.3 is 9.05 Å². The molecule has 0 radical (unpaired) electrons. The number of non-ortho nitro benzene ring substituents is 1. The van der Waals surface area contributed by atoms with E-state index in [1.54, 1.807) is 19.9 Å². The minimum Gasteiger partial charge on any atom is -0.301 e. The molecule has 0 aliphatic rings. The quantitative estimate of drug-likeness (QED) is 0.431. The van der Waals surface area contributed by atoms with E-state index in [1.165, 1.54) is 18.2 Å². The van der Waals surface area contributed by atoms with Crippen LogP contribution in [0, 0.1) is 10.1 Å². The van der Waals surface area contributed by atoms with E-state index in [0.717, 1.165) is 11.4 Å². The highest BCUT2D eigenvalue weighted by atomic mass is 32.7. The molecule has 18 heavy (non-hydrogen) atoms. The third-order valence-corrected chi connectivity index (χ3v) is 5.59. The first-order chi connectivity index (χ1) is 8.50. The van der Waals surface area contributed by atoms with E-state index >= 15 is 0 Å². The maximum atomic E-state index is 12.2. The van der Waals surface area contributed by atoms with Gasteiger partial charge in [0.2, 0.25) is 0 Å². The first kappa shape index (κ1) is 15.2. The van der Waals surface area contributed by atoms with Crippen LogP contribution >= 0.6 is 18.2 Å². The molecule has 100 valence electrons. The summed E-state index contributed by atoms with van der Waals surface area (Å²) in [5.74, 6) is 0. The Bertz CT molecular complexity index is 457. The minimum absolute atomic E-state index is 0.0560. The predicted octanol–water partition coefficient (Wildman–Crippen LogP) is 3.87. The van der Waals surface area contributed by atoms with Crippen molar-refractivity contribution in [1.29, 1.82) is 0 Å². The number of hydrogen-bond acceptors (Lipinski definition) is 6. The molecule has 0 aliphatic carbocycles. The molecule has 0 spiro atoms. The van der Waals surface area contributed by atoms with Gasteiger partial charge in [-0.3, -0.25) is 10.1 Å². The van der Waals surface area contributed by atoms with Gasteiger partial charge in [-0.15, -0.1) is 0 Å². The van der Waals surface area contributed by atoms with Crippen LogP contribution in [0.2, 0.25) is 0 Å². The highest BCUT2D eigenvalue weighted by Gasteiger charge is 2.26. The Morgan fingerprint density at radius 2 is 1.94 bits per heavy atom. The molecule has 0 atom stereocenters. The molecule has 0 aliphatic heterocycles. The van der Waals surface area contributed by atoms with Crippen molar-refractivity contribution in [2.24, 2.45) is 0 Å². The average molecular weight is 291 g/mol. The van der Waals surface area contributed by atoms with Crippen molar-refractivity contribution in [2.75, 3.05) is 13.2 Å². The lowest BCUT2D eigenvalue weighted by molar-refractivity contribution is -0.385. The fourth-order valence-corrected chi connectivity index (χ4v) is 4.64. The molecule has 1 aromatic rings. The largest absolute Gasteiger partial charge is 0.393 e. The van der Waals surface area contributed by atoms with Crippen LogP contribution in [0.5, 0.6) is 0 Å². The SMILES string of the molecule is CCOP(=O)(OCC)Sc1cccc([N+](=O)[O-])c1. The normalized spacial score (nSPS) is 11.4. The van der Waals surface area contributed by atoms with E-state index in [9.17, 15) is 14.7 Å². The summed E-state index contributed by atoms with van der Waals surface area (Å²) in [7, 11) is 0. The van der Waals surface area contributed by atoms with Crippen molar-refractivity contribution in [2.45, 2.75) is 18.7 Å². The molecule has 6 nitrogen and oxygen atoms in total. The number of rotatable bonds is 7. The van der Waals surface area contributed by atoms with E-state index < -0.39 is 11.7 Å². The van der Waals surface area contributed by atoms with Crippen LogP contribution in [0.1, 0.15) is 13.8 Å². The molecule has 0 bridgehead atoms. The van der Waals surface area contributed by atoms with Crippen molar-refractivity contribution in [3.8, 4) is 0 Å². The number of nitro groups is 1. The maximum absolute atomic E-state index is 12.2. The second kappa shape index (κ2) is 6.89. The van der Waals surface area contributed by atoms with Crippen LogP contribution in [-0.2, 0) is 13.6 Å². The Morgan fingerprint density at radius 3 is 2.44 bits per heavy atom. The Kier molecular flexibility index (Phi) is 5.81. The first-order valence-corrected chi connectivity index (χ1v) is 8.30. The minimum atomic E-state index is -3.30. The average Bonchev–Trinajstić information content (AvgIpc) is 2.29. The molecule has 0 amide bonds. The van der Waals surface area contributed by atoms with Crippen LogP contribution in [0.3, 0.4) is 0 Å². The lowest BCUT2D eigenvalue weighted by atomic mass is 10.3. The van der Waals surface area contributed by atoms with Gasteiger partial charge in [-0.25, -0.2) is 4.57 Å². The Labute approximate surface area is 109 Å².